The highest BCUT2D eigenvalue weighted by molar-refractivity contribution is 5.67. The number of pyridine rings is 1. The molecule has 10 nitrogen and oxygen atoms in total. The van der Waals surface area contributed by atoms with Gasteiger partial charge in [-0.2, -0.15) is 5.10 Å². The second kappa shape index (κ2) is 11.2. The quantitative estimate of drug-likeness (QED) is 0.326. The van der Waals surface area contributed by atoms with Crippen LogP contribution in [0.3, 0.4) is 0 Å². The minimum Gasteiger partial charge on any atom is -0.504 e. The van der Waals surface area contributed by atoms with E-state index in [9.17, 15) is 9.90 Å². The third kappa shape index (κ3) is 6.48. The van der Waals surface area contributed by atoms with Crippen LogP contribution in [0.2, 0.25) is 0 Å². The van der Waals surface area contributed by atoms with Gasteiger partial charge in [0.15, 0.2) is 11.5 Å². The molecule has 10 heteroatoms. The maximum absolute atomic E-state index is 12.0. The van der Waals surface area contributed by atoms with Gasteiger partial charge in [-0.05, 0) is 72.1 Å². The lowest BCUT2D eigenvalue weighted by Crippen LogP contribution is -2.33. The summed E-state index contributed by atoms with van der Waals surface area (Å²) in [4.78, 5) is 16.5. The molecule has 0 aliphatic heterocycles. The van der Waals surface area contributed by atoms with Crippen LogP contribution in [0.5, 0.6) is 23.0 Å². The number of phenols is 1. The number of nitrogens with one attached hydrogen (secondary N) is 2. The van der Waals surface area contributed by atoms with Crippen LogP contribution in [-0.4, -0.2) is 45.2 Å². The molecule has 2 atom stereocenters. The first-order valence-corrected chi connectivity index (χ1v) is 12.9. The largest absolute Gasteiger partial charge is 0.504 e. The molecule has 1 fully saturated rings. The van der Waals surface area contributed by atoms with Crippen molar-refractivity contribution >= 4 is 17.7 Å². The van der Waals surface area contributed by atoms with Crippen molar-refractivity contribution in [1.82, 2.24) is 20.1 Å². The highest BCUT2D eigenvalue weighted by Gasteiger charge is 2.32. The highest BCUT2D eigenvalue weighted by atomic mass is 16.6. The minimum atomic E-state index is -0.371. The zero-order chi connectivity index (χ0) is 27.4. The molecule has 0 saturated heterocycles. The summed E-state index contributed by atoms with van der Waals surface area (Å²) < 4.78 is 18.8. The molecule has 0 unspecified atom stereocenters. The van der Waals surface area contributed by atoms with E-state index in [0.717, 1.165) is 30.8 Å². The summed E-state index contributed by atoms with van der Waals surface area (Å²) in [6.07, 6.45) is 3.59. The summed E-state index contributed by atoms with van der Waals surface area (Å²) in [7, 11) is 1.48. The molecule has 0 bridgehead atoms. The van der Waals surface area contributed by atoms with E-state index in [1.807, 2.05) is 24.6 Å². The van der Waals surface area contributed by atoms with E-state index in [-0.39, 0.29) is 41.2 Å². The minimum absolute atomic E-state index is 0.000819. The van der Waals surface area contributed by atoms with Crippen LogP contribution in [-0.2, 0) is 10.3 Å². The molecular weight excluding hydrogens is 486 g/mol. The van der Waals surface area contributed by atoms with Gasteiger partial charge in [-0.1, -0.05) is 6.07 Å². The van der Waals surface area contributed by atoms with Crippen molar-refractivity contribution in [2.75, 3.05) is 12.4 Å². The number of para-hydroxylation sites is 1. The Morgan fingerprint density at radius 3 is 2.68 bits per heavy atom. The lowest BCUT2D eigenvalue weighted by atomic mass is 10.0. The van der Waals surface area contributed by atoms with Crippen LogP contribution in [0, 0.1) is 0 Å². The molecule has 0 spiro atoms. The second-order valence-corrected chi connectivity index (χ2v) is 10.8. The normalized spacial score (nSPS) is 17.3. The number of anilines is 2. The van der Waals surface area contributed by atoms with Crippen molar-refractivity contribution in [3.8, 4) is 23.0 Å². The maximum atomic E-state index is 12.0. The molecule has 204 valence electrons. The molecule has 3 aromatic rings. The number of rotatable bonds is 8. The Balaban J connectivity index is 1.51. The summed E-state index contributed by atoms with van der Waals surface area (Å²) >= 11 is 0. The van der Waals surface area contributed by atoms with Gasteiger partial charge in [0.25, 0.3) is 0 Å². The molecule has 3 N–H and O–H groups in total. The first-order valence-electron chi connectivity index (χ1n) is 12.9. The summed E-state index contributed by atoms with van der Waals surface area (Å²) in [5.41, 5.74) is 0.671. The Morgan fingerprint density at radius 1 is 1.18 bits per heavy atom. The molecule has 1 aliphatic rings. The fourth-order valence-corrected chi connectivity index (χ4v) is 4.53. The number of aromatic hydroxyl groups is 1. The van der Waals surface area contributed by atoms with Gasteiger partial charge in [0.1, 0.15) is 23.5 Å². The second-order valence-electron chi connectivity index (χ2n) is 10.8. The van der Waals surface area contributed by atoms with E-state index in [4.69, 9.17) is 19.3 Å². The van der Waals surface area contributed by atoms with E-state index in [1.165, 1.54) is 13.2 Å². The Labute approximate surface area is 223 Å². The molecule has 0 radical (unpaired) electrons. The van der Waals surface area contributed by atoms with E-state index in [2.05, 4.69) is 36.4 Å². The third-order valence-corrected chi connectivity index (χ3v) is 6.22. The van der Waals surface area contributed by atoms with E-state index in [0.29, 0.717) is 17.3 Å². The summed E-state index contributed by atoms with van der Waals surface area (Å²) in [6.45, 7) is 10.1. The Morgan fingerprint density at radius 2 is 1.97 bits per heavy atom. The van der Waals surface area contributed by atoms with Crippen LogP contribution in [0.1, 0.15) is 65.5 Å². The first kappa shape index (κ1) is 27.1. The number of phenolic OH excluding ortho intramolecular Hbond substituents is 1. The predicted octanol–water partition coefficient (Wildman–Crippen LogP) is 6.05. The average molecular weight is 524 g/mol. The van der Waals surface area contributed by atoms with Crippen LogP contribution >= 0.6 is 0 Å². The number of carbonyl (C=O) groups is 1. The third-order valence-electron chi connectivity index (χ3n) is 6.22. The molecular formula is C28H37N5O5. The number of nitrogens with zero attached hydrogens (tertiary/aromatic N) is 3. The van der Waals surface area contributed by atoms with Crippen molar-refractivity contribution in [3.05, 3.63) is 48.3 Å². The smallest absolute Gasteiger partial charge is 0.407 e. The fraction of sp³-hybridized carbons (Fsp3) is 0.464. The molecule has 38 heavy (non-hydrogen) atoms. The van der Waals surface area contributed by atoms with Crippen molar-refractivity contribution < 1.29 is 24.1 Å². The molecule has 1 aromatic carbocycles. The number of aromatic nitrogens is 3. The number of alkyl carbamates (subject to hydrolysis) is 1. The van der Waals surface area contributed by atoms with E-state index in [1.54, 1.807) is 30.5 Å². The number of amides is 1. The lowest BCUT2D eigenvalue weighted by molar-refractivity contribution is 0.0981. The number of hydrogen-bond acceptors (Lipinski definition) is 8. The zero-order valence-electron chi connectivity index (χ0n) is 22.8. The fourth-order valence-electron chi connectivity index (χ4n) is 4.53. The molecule has 4 rings (SSSR count). The molecule has 2 aromatic heterocycles. The van der Waals surface area contributed by atoms with Crippen LogP contribution in [0.25, 0.3) is 0 Å². The first-order chi connectivity index (χ1) is 18.0. The van der Waals surface area contributed by atoms with Crippen molar-refractivity contribution in [2.45, 2.75) is 77.5 Å². The SMILES string of the molecule is COc1c(O)cccc1Oc1ccnc(Nc2cc([C@H]3CC[C@@H](OC(=O)NC(C)C)C3)nn2C(C)(C)C)c1. The van der Waals surface area contributed by atoms with Gasteiger partial charge < -0.3 is 30.0 Å². The summed E-state index contributed by atoms with van der Waals surface area (Å²) in [6, 6.07) is 10.5. The Kier molecular flexibility index (Phi) is 7.99. The van der Waals surface area contributed by atoms with Gasteiger partial charge in [-0.3, -0.25) is 0 Å². The van der Waals surface area contributed by atoms with E-state index >= 15 is 0 Å². The van der Waals surface area contributed by atoms with Gasteiger partial charge in [-0.15, -0.1) is 0 Å². The van der Waals surface area contributed by atoms with Gasteiger partial charge >= 0.3 is 6.09 Å². The maximum Gasteiger partial charge on any atom is 0.407 e. The highest BCUT2D eigenvalue weighted by Crippen LogP contribution is 2.40. The molecule has 1 aliphatic carbocycles. The van der Waals surface area contributed by atoms with Crippen molar-refractivity contribution in [1.29, 1.82) is 0 Å². The van der Waals surface area contributed by atoms with Gasteiger partial charge in [0, 0.05) is 30.3 Å². The Bertz CT molecular complexity index is 1270. The monoisotopic (exact) mass is 523 g/mol. The standard InChI is InChI=1S/C28H37N5O5/c1-17(2)30-27(35)38-19-11-10-18(14-19)21-16-25(33(32-21)28(3,4)5)31-24-15-20(12-13-29-24)37-23-9-7-8-22(34)26(23)36-6/h7-9,12-13,15-19,34H,10-11,14H2,1-6H3,(H,29,31)(H,30,35)/t18-,19+/m0/s1. The topological polar surface area (TPSA) is 120 Å². The van der Waals surface area contributed by atoms with Crippen molar-refractivity contribution in [3.63, 3.8) is 0 Å². The van der Waals surface area contributed by atoms with Crippen molar-refractivity contribution in [2.24, 2.45) is 0 Å². The number of ether oxygens (including phenoxy) is 3. The van der Waals surface area contributed by atoms with Gasteiger partial charge in [-0.25, -0.2) is 14.5 Å². The lowest BCUT2D eigenvalue weighted by Gasteiger charge is -2.22. The Hall–Kier alpha value is -3.95. The molecule has 1 saturated carbocycles. The van der Waals surface area contributed by atoms with Crippen LogP contribution in [0.15, 0.2) is 42.6 Å². The summed E-state index contributed by atoms with van der Waals surface area (Å²) in [5.74, 6) is 2.76. The van der Waals surface area contributed by atoms with Gasteiger partial charge in [0.05, 0.1) is 18.3 Å². The predicted molar refractivity (Wildman–Crippen MR) is 145 cm³/mol. The number of benzene rings is 1. The summed E-state index contributed by atoms with van der Waals surface area (Å²) in [5, 5.41) is 21.2. The van der Waals surface area contributed by atoms with Gasteiger partial charge in [0.2, 0.25) is 5.75 Å². The van der Waals surface area contributed by atoms with Crippen LogP contribution in [0.4, 0.5) is 16.4 Å². The average Bonchev–Trinajstić information content (AvgIpc) is 3.46. The number of carbonyl (C=O) groups excluding carboxylic acids is 1. The molecule has 2 heterocycles. The van der Waals surface area contributed by atoms with Crippen LogP contribution < -0.4 is 20.1 Å². The molecule has 1 amide bonds. The zero-order valence-corrected chi connectivity index (χ0v) is 22.8. The number of methoxy groups -OCH3 is 1. The van der Waals surface area contributed by atoms with E-state index < -0.39 is 0 Å². The number of hydrogen-bond donors (Lipinski definition) is 3.